The Kier molecular flexibility index (Phi) is 3.85. The molecule has 0 saturated heterocycles. The molecule has 1 aromatic rings. The van der Waals surface area contributed by atoms with Gasteiger partial charge < -0.3 is 4.74 Å². The number of rotatable bonds is 3. The number of hydrogen-bond acceptors (Lipinski definition) is 2. The molecule has 0 spiro atoms. The van der Waals surface area contributed by atoms with Crippen LogP contribution in [0.15, 0.2) is 18.2 Å². The molecule has 0 radical (unpaired) electrons. The van der Waals surface area contributed by atoms with Gasteiger partial charge in [0.1, 0.15) is 11.9 Å². The van der Waals surface area contributed by atoms with Crippen molar-refractivity contribution in [1.29, 1.82) is 5.26 Å². The third-order valence-electron chi connectivity index (χ3n) is 1.91. The normalized spacial score (nSPS) is 11.5. The van der Waals surface area contributed by atoms with E-state index in [9.17, 15) is 4.39 Å². The Morgan fingerprint density at radius 2 is 2.33 bits per heavy atom. The Morgan fingerprint density at radius 3 is 2.93 bits per heavy atom. The largest absolute Gasteiger partial charge is 0.361 e. The molecule has 0 fully saturated rings. The average Bonchev–Trinajstić information content (AvgIpc) is 2.26. The van der Waals surface area contributed by atoms with Gasteiger partial charge in [0, 0.05) is 0 Å². The predicted molar refractivity (Wildman–Crippen MR) is 54.2 cm³/mol. The van der Waals surface area contributed by atoms with E-state index in [0.717, 1.165) is 0 Å². The van der Waals surface area contributed by atoms with Crippen molar-refractivity contribution in [2.45, 2.75) is 19.6 Å². The molecule has 0 N–H and O–H groups in total. The van der Waals surface area contributed by atoms with E-state index in [-0.39, 0.29) is 18.5 Å². The van der Waals surface area contributed by atoms with E-state index < -0.39 is 0 Å². The smallest absolute Gasteiger partial charge is 0.123 e. The molecule has 0 amide bonds. The van der Waals surface area contributed by atoms with Gasteiger partial charge in [0.2, 0.25) is 0 Å². The fourth-order valence-electron chi connectivity index (χ4n) is 1.05. The summed E-state index contributed by atoms with van der Waals surface area (Å²) in [5, 5.41) is 8.76. The fourth-order valence-corrected chi connectivity index (χ4v) is 1.05. The Balaban J connectivity index is 2.81. The van der Waals surface area contributed by atoms with Crippen LogP contribution >= 0.6 is 0 Å². The number of terminal acetylenes is 1. The van der Waals surface area contributed by atoms with Crippen molar-refractivity contribution < 1.29 is 9.13 Å². The molecule has 0 heterocycles. The van der Waals surface area contributed by atoms with Gasteiger partial charge in [0.15, 0.2) is 0 Å². The second kappa shape index (κ2) is 5.14. The lowest BCUT2D eigenvalue weighted by Gasteiger charge is -2.08. The van der Waals surface area contributed by atoms with Crippen LogP contribution in [0.4, 0.5) is 4.39 Å². The van der Waals surface area contributed by atoms with E-state index >= 15 is 0 Å². The van der Waals surface area contributed by atoms with Gasteiger partial charge in [0.05, 0.1) is 18.2 Å². The molecule has 0 aliphatic carbocycles. The molecule has 0 aliphatic rings. The molecule has 76 valence electrons. The molecule has 15 heavy (non-hydrogen) atoms. The summed E-state index contributed by atoms with van der Waals surface area (Å²) in [6.45, 7) is 1.86. The number of nitrogens with zero attached hydrogens (tertiary/aromatic N) is 1. The number of ether oxygens (including phenoxy) is 1. The van der Waals surface area contributed by atoms with Crippen molar-refractivity contribution in [2.75, 3.05) is 0 Å². The summed E-state index contributed by atoms with van der Waals surface area (Å²) in [6.07, 6.45) is 4.78. The summed E-state index contributed by atoms with van der Waals surface area (Å²) in [5.74, 6) is 2.00. The summed E-state index contributed by atoms with van der Waals surface area (Å²) in [7, 11) is 0. The summed E-state index contributed by atoms with van der Waals surface area (Å²) < 4.78 is 18.1. The Hall–Kier alpha value is -1.84. The van der Waals surface area contributed by atoms with E-state index in [2.05, 4.69) is 5.92 Å². The van der Waals surface area contributed by atoms with Crippen molar-refractivity contribution in [1.82, 2.24) is 0 Å². The fraction of sp³-hybridized carbons (Fsp3) is 0.250. The maximum atomic E-state index is 12.9. The van der Waals surface area contributed by atoms with E-state index in [1.54, 1.807) is 6.92 Å². The number of benzene rings is 1. The Bertz CT molecular complexity index is 428. The molecule has 1 rings (SSSR count). The standard InChI is InChI=1S/C12H10FNO/c1-3-9(2)15-8-11-6-12(13)5-4-10(11)7-14/h1,4-6,9H,8H2,2H3. The Labute approximate surface area is 88.3 Å². The molecule has 0 saturated carbocycles. The maximum Gasteiger partial charge on any atom is 0.123 e. The van der Waals surface area contributed by atoms with Crippen LogP contribution in [0.3, 0.4) is 0 Å². The van der Waals surface area contributed by atoms with Crippen LogP contribution in [0.1, 0.15) is 18.1 Å². The van der Waals surface area contributed by atoms with Crippen molar-refractivity contribution in [3.8, 4) is 18.4 Å². The topological polar surface area (TPSA) is 33.0 Å². The minimum atomic E-state index is -0.388. The van der Waals surface area contributed by atoms with Gasteiger partial charge in [-0.3, -0.25) is 0 Å². The zero-order valence-electron chi connectivity index (χ0n) is 8.33. The third-order valence-corrected chi connectivity index (χ3v) is 1.91. The average molecular weight is 203 g/mol. The minimum Gasteiger partial charge on any atom is -0.361 e. The van der Waals surface area contributed by atoms with Crippen LogP contribution in [0, 0.1) is 29.5 Å². The second-order valence-electron chi connectivity index (χ2n) is 3.03. The highest BCUT2D eigenvalue weighted by Gasteiger charge is 2.05. The molecule has 3 heteroatoms. The van der Waals surface area contributed by atoms with Crippen molar-refractivity contribution in [2.24, 2.45) is 0 Å². The zero-order valence-corrected chi connectivity index (χ0v) is 8.33. The number of hydrogen-bond donors (Lipinski definition) is 0. The highest BCUT2D eigenvalue weighted by molar-refractivity contribution is 5.37. The van der Waals surface area contributed by atoms with Gasteiger partial charge in [-0.05, 0) is 30.7 Å². The summed E-state index contributed by atoms with van der Waals surface area (Å²) in [4.78, 5) is 0. The van der Waals surface area contributed by atoms with Gasteiger partial charge in [-0.1, -0.05) is 5.92 Å². The van der Waals surface area contributed by atoms with E-state index in [1.165, 1.54) is 18.2 Å². The van der Waals surface area contributed by atoms with Crippen molar-refractivity contribution in [3.63, 3.8) is 0 Å². The molecule has 1 unspecified atom stereocenters. The molecule has 1 aromatic carbocycles. The Morgan fingerprint density at radius 1 is 1.60 bits per heavy atom. The van der Waals surface area contributed by atoms with E-state index in [1.807, 2.05) is 6.07 Å². The van der Waals surface area contributed by atoms with Gasteiger partial charge in [-0.25, -0.2) is 4.39 Å². The first-order valence-corrected chi connectivity index (χ1v) is 4.43. The maximum absolute atomic E-state index is 12.9. The van der Waals surface area contributed by atoms with E-state index in [0.29, 0.717) is 11.1 Å². The summed E-state index contributed by atoms with van der Waals surface area (Å²) >= 11 is 0. The van der Waals surface area contributed by atoms with Crippen LogP contribution in [0.2, 0.25) is 0 Å². The monoisotopic (exact) mass is 203 g/mol. The zero-order chi connectivity index (χ0) is 11.3. The molecule has 2 nitrogen and oxygen atoms in total. The molecule has 0 bridgehead atoms. The second-order valence-corrected chi connectivity index (χ2v) is 3.03. The van der Waals surface area contributed by atoms with E-state index in [4.69, 9.17) is 16.4 Å². The lowest BCUT2D eigenvalue weighted by Crippen LogP contribution is -2.05. The van der Waals surface area contributed by atoms with Crippen molar-refractivity contribution in [3.05, 3.63) is 35.1 Å². The highest BCUT2D eigenvalue weighted by Crippen LogP contribution is 2.12. The molecular weight excluding hydrogens is 193 g/mol. The predicted octanol–water partition coefficient (Wildman–Crippen LogP) is 2.24. The van der Waals surface area contributed by atoms with Crippen LogP contribution in [-0.4, -0.2) is 6.10 Å². The van der Waals surface area contributed by atoms with Crippen LogP contribution < -0.4 is 0 Å². The molecular formula is C12H10FNO. The van der Waals surface area contributed by atoms with Gasteiger partial charge in [-0.2, -0.15) is 5.26 Å². The summed E-state index contributed by atoms with van der Waals surface area (Å²) in [6, 6.07) is 5.91. The number of nitriles is 1. The first-order valence-electron chi connectivity index (χ1n) is 4.43. The van der Waals surface area contributed by atoms with Crippen molar-refractivity contribution >= 4 is 0 Å². The number of halogens is 1. The van der Waals surface area contributed by atoms with Crippen LogP contribution in [-0.2, 0) is 11.3 Å². The van der Waals surface area contributed by atoms with Gasteiger partial charge in [-0.15, -0.1) is 6.42 Å². The minimum absolute atomic E-state index is 0.145. The van der Waals surface area contributed by atoms with Gasteiger partial charge in [0.25, 0.3) is 0 Å². The quantitative estimate of drug-likeness (QED) is 0.706. The first-order chi connectivity index (χ1) is 7.17. The highest BCUT2D eigenvalue weighted by atomic mass is 19.1. The lowest BCUT2D eigenvalue weighted by atomic mass is 10.1. The summed E-state index contributed by atoms with van der Waals surface area (Å²) in [5.41, 5.74) is 0.917. The SMILES string of the molecule is C#CC(C)OCc1cc(F)ccc1C#N. The van der Waals surface area contributed by atoms with Gasteiger partial charge >= 0.3 is 0 Å². The lowest BCUT2D eigenvalue weighted by molar-refractivity contribution is 0.0898. The third kappa shape index (κ3) is 3.09. The van der Waals surface area contributed by atoms with Crippen LogP contribution in [0.5, 0.6) is 0 Å². The first kappa shape index (κ1) is 11.2. The van der Waals surface area contributed by atoms with Crippen LogP contribution in [0.25, 0.3) is 0 Å². The molecule has 1 atom stereocenters. The molecule has 0 aromatic heterocycles. The molecule has 0 aliphatic heterocycles.